The van der Waals surface area contributed by atoms with E-state index in [1.165, 1.54) is 5.56 Å². The van der Waals surface area contributed by atoms with E-state index in [2.05, 4.69) is 17.1 Å². The average molecular weight is 205 g/mol. The van der Waals surface area contributed by atoms with Gasteiger partial charge in [0.1, 0.15) is 0 Å². The van der Waals surface area contributed by atoms with Crippen LogP contribution in [0.25, 0.3) is 0 Å². The molecule has 0 aliphatic heterocycles. The molecule has 1 aromatic heterocycles. The van der Waals surface area contributed by atoms with E-state index in [0.717, 1.165) is 18.4 Å². The molecule has 0 saturated heterocycles. The van der Waals surface area contributed by atoms with E-state index in [1.807, 2.05) is 6.20 Å². The summed E-state index contributed by atoms with van der Waals surface area (Å²) in [6.45, 7) is 0. The van der Waals surface area contributed by atoms with Crippen molar-refractivity contribution < 1.29 is 14.6 Å². The van der Waals surface area contributed by atoms with Crippen LogP contribution in [0.4, 0.5) is 4.79 Å². The fraction of sp³-hybridized carbons (Fsp3) is 0.364. The predicted molar refractivity (Wildman–Crippen MR) is 53.3 cm³/mol. The molecule has 0 aromatic carbocycles. The van der Waals surface area contributed by atoms with Crippen LogP contribution in [0.1, 0.15) is 35.8 Å². The summed E-state index contributed by atoms with van der Waals surface area (Å²) in [5, 5.41) is 8.60. The minimum atomic E-state index is -1.26. The van der Waals surface area contributed by atoms with Crippen molar-refractivity contribution in [2.45, 2.75) is 24.7 Å². The molecule has 3 aliphatic rings. The van der Waals surface area contributed by atoms with Gasteiger partial charge in [-0.2, -0.15) is 0 Å². The molecule has 2 N–H and O–H groups in total. The summed E-state index contributed by atoms with van der Waals surface area (Å²) >= 11 is 0. The second-order valence-electron chi connectivity index (χ2n) is 4.03. The molecular formula is C11H11NO3. The zero-order valence-electron chi connectivity index (χ0n) is 8.06. The lowest BCUT2D eigenvalue weighted by atomic mass is 9.73. The normalized spacial score (nSPS) is 26.4. The zero-order chi connectivity index (χ0) is 10.4. The van der Waals surface area contributed by atoms with Gasteiger partial charge in [-0.15, -0.1) is 0 Å². The first-order chi connectivity index (χ1) is 7.25. The van der Waals surface area contributed by atoms with Gasteiger partial charge in [0.05, 0.1) is 0 Å². The van der Waals surface area contributed by atoms with Gasteiger partial charge in [-0.1, -0.05) is 12.2 Å². The summed E-state index contributed by atoms with van der Waals surface area (Å²) in [7, 11) is 0. The first kappa shape index (κ1) is 8.59. The van der Waals surface area contributed by atoms with Crippen LogP contribution in [0.15, 0.2) is 18.3 Å². The van der Waals surface area contributed by atoms with Crippen LogP contribution < -0.4 is 4.74 Å². The van der Waals surface area contributed by atoms with Crippen molar-refractivity contribution >= 4 is 6.16 Å². The lowest BCUT2D eigenvalue weighted by Crippen LogP contribution is -2.16. The monoisotopic (exact) mass is 205 g/mol. The molecule has 2 unspecified atom stereocenters. The number of rotatable bonds is 1. The number of hydrogen-bond acceptors (Lipinski definition) is 2. The quantitative estimate of drug-likeness (QED) is 0.547. The van der Waals surface area contributed by atoms with Gasteiger partial charge < -0.3 is 14.8 Å². The van der Waals surface area contributed by atoms with E-state index in [-0.39, 0.29) is 0 Å². The standard InChI is InChI=1S/C11H11NO3/c13-11(14)15-10-9-7-3-1-6(2-4-7)8(9)5-12-10/h1,3,5-7,12H,2,4H2,(H,13,14). The molecular weight excluding hydrogens is 194 g/mol. The van der Waals surface area contributed by atoms with Crippen molar-refractivity contribution in [3.8, 4) is 5.88 Å². The van der Waals surface area contributed by atoms with Crippen molar-refractivity contribution in [3.63, 3.8) is 0 Å². The maximum Gasteiger partial charge on any atom is 0.512 e. The lowest BCUT2D eigenvalue weighted by molar-refractivity contribution is 0.142. The molecule has 2 bridgehead atoms. The van der Waals surface area contributed by atoms with Crippen molar-refractivity contribution in [2.24, 2.45) is 0 Å². The van der Waals surface area contributed by atoms with E-state index < -0.39 is 6.16 Å². The Balaban J connectivity index is 2.05. The molecule has 3 aliphatic carbocycles. The highest BCUT2D eigenvalue weighted by Gasteiger charge is 2.33. The molecule has 2 atom stereocenters. The third-order valence-corrected chi connectivity index (χ3v) is 3.24. The van der Waals surface area contributed by atoms with Crippen LogP contribution in [-0.4, -0.2) is 16.2 Å². The molecule has 78 valence electrons. The van der Waals surface area contributed by atoms with Gasteiger partial charge in [-0.3, -0.25) is 0 Å². The number of carboxylic acid groups (broad SMARTS) is 1. The highest BCUT2D eigenvalue weighted by Crippen LogP contribution is 2.48. The summed E-state index contributed by atoms with van der Waals surface area (Å²) < 4.78 is 4.73. The van der Waals surface area contributed by atoms with E-state index >= 15 is 0 Å². The number of fused-ring (bicyclic) bond motifs is 1. The van der Waals surface area contributed by atoms with E-state index in [0.29, 0.717) is 17.7 Å². The van der Waals surface area contributed by atoms with Crippen molar-refractivity contribution in [1.29, 1.82) is 0 Å². The molecule has 1 heterocycles. The van der Waals surface area contributed by atoms with Crippen LogP contribution in [0.3, 0.4) is 0 Å². The Morgan fingerprint density at radius 3 is 2.80 bits per heavy atom. The summed E-state index contributed by atoms with van der Waals surface area (Å²) in [4.78, 5) is 13.4. The maximum absolute atomic E-state index is 10.5. The molecule has 4 nitrogen and oxygen atoms in total. The first-order valence-electron chi connectivity index (χ1n) is 5.06. The Kier molecular flexibility index (Phi) is 1.65. The van der Waals surface area contributed by atoms with Crippen LogP contribution in [0.2, 0.25) is 0 Å². The van der Waals surface area contributed by atoms with Gasteiger partial charge >= 0.3 is 6.16 Å². The summed E-state index contributed by atoms with van der Waals surface area (Å²) in [5.41, 5.74) is 2.24. The number of aromatic amines is 1. The first-order valence-corrected chi connectivity index (χ1v) is 5.06. The molecule has 0 spiro atoms. The molecule has 0 radical (unpaired) electrons. The minimum Gasteiger partial charge on any atom is -0.449 e. The number of allylic oxidation sites excluding steroid dienone is 2. The minimum absolute atomic E-state index is 0.325. The smallest absolute Gasteiger partial charge is 0.449 e. The highest BCUT2D eigenvalue weighted by atomic mass is 16.7. The van der Waals surface area contributed by atoms with Gasteiger partial charge in [-0.25, -0.2) is 4.79 Å². The van der Waals surface area contributed by atoms with E-state index in [9.17, 15) is 4.79 Å². The number of ether oxygens (including phenoxy) is 1. The third-order valence-electron chi connectivity index (χ3n) is 3.24. The number of nitrogens with one attached hydrogen (secondary N) is 1. The maximum atomic E-state index is 10.5. The highest BCUT2D eigenvalue weighted by molar-refractivity contribution is 5.63. The number of carbonyl (C=O) groups is 1. The summed E-state index contributed by atoms with van der Waals surface area (Å²) in [5.74, 6) is 1.16. The summed E-state index contributed by atoms with van der Waals surface area (Å²) in [6, 6.07) is 0. The molecule has 4 heteroatoms. The molecule has 0 fully saturated rings. The van der Waals surface area contributed by atoms with Gasteiger partial charge in [-0.05, 0) is 18.4 Å². The van der Waals surface area contributed by atoms with Crippen LogP contribution >= 0.6 is 0 Å². The fourth-order valence-corrected chi connectivity index (χ4v) is 2.61. The molecule has 4 rings (SSSR count). The number of aromatic nitrogens is 1. The number of hydrogen-bond donors (Lipinski definition) is 2. The Hall–Kier alpha value is -1.71. The topological polar surface area (TPSA) is 62.3 Å². The van der Waals surface area contributed by atoms with Crippen molar-refractivity contribution in [1.82, 2.24) is 4.98 Å². The van der Waals surface area contributed by atoms with Crippen LogP contribution in [-0.2, 0) is 0 Å². The van der Waals surface area contributed by atoms with Crippen molar-refractivity contribution in [3.05, 3.63) is 29.5 Å². The molecule has 15 heavy (non-hydrogen) atoms. The zero-order valence-corrected chi connectivity index (χ0v) is 8.06. The third kappa shape index (κ3) is 1.17. The molecule has 0 saturated carbocycles. The average Bonchev–Trinajstić information content (AvgIpc) is 2.65. The second kappa shape index (κ2) is 2.89. The van der Waals surface area contributed by atoms with Gasteiger partial charge in [0.2, 0.25) is 5.88 Å². The van der Waals surface area contributed by atoms with E-state index in [4.69, 9.17) is 9.84 Å². The fourth-order valence-electron chi connectivity index (χ4n) is 2.61. The second-order valence-corrected chi connectivity index (χ2v) is 4.03. The Morgan fingerprint density at radius 1 is 1.40 bits per heavy atom. The van der Waals surface area contributed by atoms with Crippen LogP contribution in [0.5, 0.6) is 5.88 Å². The molecule has 1 aromatic rings. The number of H-pyrrole nitrogens is 1. The van der Waals surface area contributed by atoms with Gasteiger partial charge in [0.25, 0.3) is 0 Å². The Morgan fingerprint density at radius 2 is 2.13 bits per heavy atom. The Bertz CT molecular complexity index is 447. The SMILES string of the molecule is O=C(O)Oc1[nH]cc2c1C1C=CC2CC1. The van der Waals surface area contributed by atoms with Crippen molar-refractivity contribution in [2.75, 3.05) is 0 Å². The largest absolute Gasteiger partial charge is 0.512 e. The van der Waals surface area contributed by atoms with E-state index in [1.54, 1.807) is 0 Å². The molecule has 0 amide bonds. The Labute approximate surface area is 86.6 Å². The van der Waals surface area contributed by atoms with Gasteiger partial charge in [0, 0.05) is 23.6 Å². The predicted octanol–water partition coefficient (Wildman–Crippen LogP) is 2.60. The van der Waals surface area contributed by atoms with Crippen LogP contribution in [0, 0.1) is 0 Å². The summed E-state index contributed by atoms with van der Waals surface area (Å²) in [6.07, 6.45) is 7.20. The van der Waals surface area contributed by atoms with Gasteiger partial charge in [0.15, 0.2) is 0 Å². The lowest BCUT2D eigenvalue weighted by Gasteiger charge is -2.30.